The van der Waals surface area contributed by atoms with Crippen molar-refractivity contribution in [2.45, 2.75) is 12.6 Å². The first kappa shape index (κ1) is 8.68. The Balaban J connectivity index is 1.91. The van der Waals surface area contributed by atoms with Gasteiger partial charge in [-0.25, -0.2) is 0 Å². The third-order valence-electron chi connectivity index (χ3n) is 1.97. The van der Waals surface area contributed by atoms with Gasteiger partial charge in [0.25, 0.3) is 0 Å². The van der Waals surface area contributed by atoms with Crippen LogP contribution in [0.15, 0.2) is 12.3 Å². The first-order valence-corrected chi connectivity index (χ1v) is 4.28. The zero-order valence-corrected chi connectivity index (χ0v) is 7.55. The molecule has 13 heavy (non-hydrogen) atoms. The molecule has 1 aromatic rings. The number of aliphatic hydroxyl groups excluding tert-OH is 1. The molecule has 1 fully saturated rings. The maximum absolute atomic E-state index is 9.19. The lowest BCUT2D eigenvalue weighted by Crippen LogP contribution is -2.20. The van der Waals surface area contributed by atoms with E-state index in [0.717, 1.165) is 5.69 Å². The van der Waals surface area contributed by atoms with Gasteiger partial charge in [0.2, 0.25) is 0 Å². The molecule has 0 spiro atoms. The topological polar surface area (TPSA) is 50.5 Å². The van der Waals surface area contributed by atoms with Gasteiger partial charge in [-0.3, -0.25) is 9.52 Å². The van der Waals surface area contributed by atoms with Gasteiger partial charge in [-0.15, -0.1) is 0 Å². The Kier molecular flexibility index (Phi) is 2.30. The van der Waals surface area contributed by atoms with Crippen molar-refractivity contribution < 1.29 is 9.94 Å². The summed E-state index contributed by atoms with van der Waals surface area (Å²) >= 11 is 0. The third kappa shape index (κ3) is 2.06. The van der Waals surface area contributed by atoms with Gasteiger partial charge in [-0.05, 0) is 6.07 Å². The Morgan fingerprint density at radius 3 is 3.15 bits per heavy atom. The van der Waals surface area contributed by atoms with Crippen LogP contribution in [0.2, 0.25) is 0 Å². The lowest BCUT2D eigenvalue weighted by atomic mass is 10.4. The first-order valence-electron chi connectivity index (χ1n) is 4.28. The summed E-state index contributed by atoms with van der Waals surface area (Å²) in [4.78, 5) is 5.21. The van der Waals surface area contributed by atoms with Crippen molar-refractivity contribution in [1.29, 1.82) is 0 Å². The summed E-state index contributed by atoms with van der Waals surface area (Å²) in [6.07, 6.45) is 1.53. The molecule has 5 heteroatoms. The Labute approximate surface area is 76.5 Å². The van der Waals surface area contributed by atoms with Crippen LogP contribution in [0.5, 0.6) is 0 Å². The minimum Gasteiger partial charge on any atom is -0.389 e. The van der Waals surface area contributed by atoms with E-state index < -0.39 is 0 Å². The Morgan fingerprint density at radius 2 is 2.62 bits per heavy atom. The predicted octanol–water partition coefficient (Wildman–Crippen LogP) is -0.472. The maximum atomic E-state index is 9.19. The highest BCUT2D eigenvalue weighted by atomic mass is 16.7. The molecule has 1 aliphatic rings. The van der Waals surface area contributed by atoms with E-state index in [1.807, 2.05) is 19.3 Å². The van der Waals surface area contributed by atoms with Crippen molar-refractivity contribution in [3.8, 4) is 0 Å². The molecule has 1 saturated heterocycles. The molecule has 1 aromatic heterocycles. The number of β-amino-alcohol motifs (C(OH)–C–C–N with tert-alkyl or cyclic N) is 1. The van der Waals surface area contributed by atoms with Gasteiger partial charge in [-0.1, -0.05) is 0 Å². The number of nitrogens with zero attached hydrogens (tertiary/aromatic N) is 3. The summed E-state index contributed by atoms with van der Waals surface area (Å²) in [6, 6.07) is 1.94. The van der Waals surface area contributed by atoms with E-state index >= 15 is 0 Å². The predicted molar refractivity (Wildman–Crippen MR) is 45.6 cm³/mol. The highest BCUT2D eigenvalue weighted by Gasteiger charge is 2.21. The highest BCUT2D eigenvalue weighted by molar-refractivity contribution is 4.98. The van der Waals surface area contributed by atoms with E-state index in [9.17, 15) is 5.11 Å². The van der Waals surface area contributed by atoms with E-state index in [2.05, 4.69) is 5.10 Å². The second kappa shape index (κ2) is 3.45. The molecule has 0 unspecified atom stereocenters. The van der Waals surface area contributed by atoms with Crippen LogP contribution in [0.1, 0.15) is 5.69 Å². The number of aromatic nitrogens is 2. The fourth-order valence-electron chi connectivity index (χ4n) is 1.37. The van der Waals surface area contributed by atoms with Crippen LogP contribution in [0.4, 0.5) is 0 Å². The molecule has 0 saturated carbocycles. The SMILES string of the molecule is Cn1ccc(CN2C[C@H](O)CO2)n1. The van der Waals surface area contributed by atoms with Crippen molar-refractivity contribution in [3.05, 3.63) is 18.0 Å². The quantitative estimate of drug-likeness (QED) is 0.673. The molecule has 0 radical (unpaired) electrons. The van der Waals surface area contributed by atoms with Gasteiger partial charge in [0.05, 0.1) is 31.5 Å². The third-order valence-corrected chi connectivity index (χ3v) is 1.97. The Hall–Kier alpha value is -0.910. The first-order chi connectivity index (χ1) is 6.24. The molecular formula is C8H13N3O2. The number of rotatable bonds is 2. The van der Waals surface area contributed by atoms with Crippen molar-refractivity contribution in [2.75, 3.05) is 13.2 Å². The summed E-state index contributed by atoms with van der Waals surface area (Å²) in [5.41, 5.74) is 0.955. The normalized spacial score (nSPS) is 24.0. The van der Waals surface area contributed by atoms with Crippen LogP contribution >= 0.6 is 0 Å². The molecule has 1 aliphatic heterocycles. The molecule has 2 heterocycles. The van der Waals surface area contributed by atoms with Crippen molar-refractivity contribution >= 4 is 0 Å². The van der Waals surface area contributed by atoms with Crippen molar-refractivity contribution in [2.24, 2.45) is 7.05 Å². The molecule has 0 bridgehead atoms. The second-order valence-corrected chi connectivity index (χ2v) is 3.25. The van der Waals surface area contributed by atoms with E-state index in [0.29, 0.717) is 19.7 Å². The van der Waals surface area contributed by atoms with Crippen molar-refractivity contribution in [3.63, 3.8) is 0 Å². The fraction of sp³-hybridized carbons (Fsp3) is 0.625. The summed E-state index contributed by atoms with van der Waals surface area (Å²) in [5, 5.41) is 15.1. The average molecular weight is 183 g/mol. The summed E-state index contributed by atoms with van der Waals surface area (Å²) < 4.78 is 1.75. The summed E-state index contributed by atoms with van der Waals surface area (Å²) in [5.74, 6) is 0. The number of aliphatic hydroxyl groups is 1. The zero-order chi connectivity index (χ0) is 9.26. The van der Waals surface area contributed by atoms with Crippen LogP contribution in [0.25, 0.3) is 0 Å². The molecule has 0 aromatic carbocycles. The van der Waals surface area contributed by atoms with Gasteiger partial charge in [-0.2, -0.15) is 10.2 Å². The second-order valence-electron chi connectivity index (χ2n) is 3.25. The van der Waals surface area contributed by atoms with Crippen LogP contribution in [-0.2, 0) is 18.4 Å². The molecule has 0 aliphatic carbocycles. The van der Waals surface area contributed by atoms with Gasteiger partial charge in [0, 0.05) is 13.2 Å². The van der Waals surface area contributed by atoms with E-state index in [1.165, 1.54) is 0 Å². The smallest absolute Gasteiger partial charge is 0.0958 e. The molecular weight excluding hydrogens is 170 g/mol. The van der Waals surface area contributed by atoms with Crippen molar-refractivity contribution in [1.82, 2.24) is 14.8 Å². The number of aryl methyl sites for hydroxylation is 1. The summed E-state index contributed by atoms with van der Waals surface area (Å²) in [6.45, 7) is 1.60. The lowest BCUT2D eigenvalue weighted by Gasteiger charge is -2.10. The molecule has 0 amide bonds. The van der Waals surface area contributed by atoms with Crippen LogP contribution < -0.4 is 0 Å². The minimum atomic E-state index is -0.358. The minimum absolute atomic E-state index is 0.358. The van der Waals surface area contributed by atoms with Crippen LogP contribution in [-0.4, -0.2) is 39.2 Å². The number of hydrogen-bond acceptors (Lipinski definition) is 4. The Morgan fingerprint density at radius 1 is 1.77 bits per heavy atom. The van der Waals surface area contributed by atoms with E-state index in [1.54, 1.807) is 9.75 Å². The van der Waals surface area contributed by atoms with Crippen LogP contribution in [0, 0.1) is 0 Å². The van der Waals surface area contributed by atoms with Gasteiger partial charge >= 0.3 is 0 Å². The molecule has 2 rings (SSSR count). The molecule has 1 atom stereocenters. The monoisotopic (exact) mass is 183 g/mol. The van der Waals surface area contributed by atoms with Crippen LogP contribution in [0.3, 0.4) is 0 Å². The number of hydrogen-bond donors (Lipinski definition) is 1. The van der Waals surface area contributed by atoms with Gasteiger partial charge < -0.3 is 5.11 Å². The molecule has 1 N–H and O–H groups in total. The number of hydroxylamine groups is 2. The highest BCUT2D eigenvalue weighted by Crippen LogP contribution is 2.09. The maximum Gasteiger partial charge on any atom is 0.0958 e. The molecule has 72 valence electrons. The zero-order valence-electron chi connectivity index (χ0n) is 7.55. The largest absolute Gasteiger partial charge is 0.389 e. The lowest BCUT2D eigenvalue weighted by molar-refractivity contribution is -0.118. The van der Waals surface area contributed by atoms with Gasteiger partial charge in [0.15, 0.2) is 0 Å². The Bertz CT molecular complexity index is 287. The average Bonchev–Trinajstić information content (AvgIpc) is 2.62. The molecule has 5 nitrogen and oxygen atoms in total. The standard InChI is InChI=1S/C8H13N3O2/c1-10-3-2-7(9-10)4-11-5-8(12)6-13-11/h2-3,8,12H,4-6H2,1H3/t8-/m0/s1. The van der Waals surface area contributed by atoms with Gasteiger partial charge in [0.1, 0.15) is 0 Å². The fourth-order valence-corrected chi connectivity index (χ4v) is 1.37. The van der Waals surface area contributed by atoms with E-state index in [-0.39, 0.29) is 6.10 Å². The summed E-state index contributed by atoms with van der Waals surface area (Å²) in [7, 11) is 1.88. The van der Waals surface area contributed by atoms with E-state index in [4.69, 9.17) is 4.84 Å².